The predicted molar refractivity (Wildman–Crippen MR) is 136 cm³/mol. The smallest absolute Gasteiger partial charge is 0.140 e. The van der Waals surface area contributed by atoms with Crippen LogP contribution in [0, 0.1) is 11.6 Å². The Bertz CT molecular complexity index is 1380. The first kappa shape index (κ1) is 21.3. The number of nitrogens with one attached hydrogen (secondary N) is 2. The van der Waals surface area contributed by atoms with Crippen LogP contribution in [0.3, 0.4) is 0 Å². The largest absolute Gasteiger partial charge is 0.353 e. The second kappa shape index (κ2) is 8.81. The molecule has 1 aromatic heterocycles. The van der Waals surface area contributed by atoms with Gasteiger partial charge in [-0.1, -0.05) is 30.3 Å². The van der Waals surface area contributed by atoms with Crippen molar-refractivity contribution >= 4 is 43.6 Å². The van der Waals surface area contributed by atoms with Gasteiger partial charge in [0.1, 0.15) is 22.5 Å². The molecule has 0 radical (unpaired) electrons. The fourth-order valence-corrected chi connectivity index (χ4v) is 5.90. The van der Waals surface area contributed by atoms with E-state index >= 15 is 0 Å². The fraction of sp³-hybridized carbons (Fsp3) is 0.222. The van der Waals surface area contributed by atoms with E-state index in [1.807, 2.05) is 24.3 Å². The van der Waals surface area contributed by atoms with Crippen molar-refractivity contribution in [1.29, 1.82) is 0 Å². The van der Waals surface area contributed by atoms with Gasteiger partial charge in [-0.25, -0.2) is 13.8 Å². The number of thiophene rings is 1. The highest BCUT2D eigenvalue weighted by Crippen LogP contribution is 2.43. The second-order valence-electron chi connectivity index (χ2n) is 8.79. The molecule has 6 rings (SSSR count). The number of fused-ring (bicyclic) bond motifs is 4. The summed E-state index contributed by atoms with van der Waals surface area (Å²) in [7, 11) is 0. The minimum Gasteiger partial charge on any atom is -0.353 e. The summed E-state index contributed by atoms with van der Waals surface area (Å²) in [5, 5.41) is 9.24. The topological polar surface area (TPSA) is 39.7 Å². The molecule has 0 bridgehead atoms. The lowest BCUT2D eigenvalue weighted by Crippen LogP contribution is -2.52. The lowest BCUT2D eigenvalue weighted by atomic mass is 10.0. The predicted octanol–water partition coefficient (Wildman–Crippen LogP) is 6.22. The van der Waals surface area contributed by atoms with E-state index in [0.717, 1.165) is 65.5 Å². The van der Waals surface area contributed by atoms with Crippen molar-refractivity contribution in [2.75, 3.05) is 25.0 Å². The van der Waals surface area contributed by atoms with Gasteiger partial charge in [0.2, 0.25) is 0 Å². The summed E-state index contributed by atoms with van der Waals surface area (Å²) in [6, 6.07) is 20.1. The van der Waals surface area contributed by atoms with E-state index in [1.54, 1.807) is 17.4 Å². The van der Waals surface area contributed by atoms with Gasteiger partial charge in [0.25, 0.3) is 0 Å². The first-order chi connectivity index (χ1) is 16.6. The molecule has 4 nitrogen and oxygen atoms in total. The Kier molecular flexibility index (Phi) is 5.51. The summed E-state index contributed by atoms with van der Waals surface area (Å²) in [6.45, 7) is 2.51. The Morgan fingerprint density at radius 2 is 1.82 bits per heavy atom. The number of hydrogen-bond donors (Lipinski definition) is 2. The zero-order chi connectivity index (χ0) is 23.1. The molecule has 1 fully saturated rings. The van der Waals surface area contributed by atoms with E-state index in [0.29, 0.717) is 11.7 Å². The standard InChI is InChI=1S/C27H24F2N4S/c28-18-8-5-17(6-9-18)7-11-20-16-33(14-13-30-20)26-25-21-3-1-2-4-24(21)34-27(25)32-23-15-19(29)10-12-22(23)31-26/h1-6,8-10,12,15,20,30,32H,7,11,13-14,16H2/t20-/m0/s1. The maximum Gasteiger partial charge on any atom is 0.140 e. The number of benzene rings is 3. The van der Waals surface area contributed by atoms with E-state index in [4.69, 9.17) is 4.99 Å². The molecule has 2 aliphatic heterocycles. The van der Waals surface area contributed by atoms with Crippen molar-refractivity contribution in [2.24, 2.45) is 4.99 Å². The Balaban J connectivity index is 1.34. The highest BCUT2D eigenvalue weighted by Gasteiger charge is 2.29. The zero-order valence-electron chi connectivity index (χ0n) is 18.5. The van der Waals surface area contributed by atoms with Crippen molar-refractivity contribution in [1.82, 2.24) is 10.2 Å². The summed E-state index contributed by atoms with van der Waals surface area (Å²) in [6.07, 6.45) is 1.83. The van der Waals surface area contributed by atoms with Gasteiger partial charge in [0.05, 0.1) is 16.9 Å². The minimum absolute atomic E-state index is 0.204. The number of aliphatic imine (C=N–C) groups is 1. The molecule has 3 heterocycles. The molecule has 2 aliphatic rings. The van der Waals surface area contributed by atoms with Gasteiger partial charge in [0, 0.05) is 35.8 Å². The van der Waals surface area contributed by atoms with Crippen LogP contribution in [0.2, 0.25) is 0 Å². The number of nitrogens with zero attached hydrogens (tertiary/aromatic N) is 2. The van der Waals surface area contributed by atoms with Gasteiger partial charge in [-0.3, -0.25) is 0 Å². The number of aryl methyl sites for hydroxylation is 1. The van der Waals surface area contributed by atoms with Crippen LogP contribution in [0.15, 0.2) is 71.7 Å². The molecule has 172 valence electrons. The summed E-state index contributed by atoms with van der Waals surface area (Å²) in [4.78, 5) is 7.43. The highest BCUT2D eigenvalue weighted by molar-refractivity contribution is 7.23. The van der Waals surface area contributed by atoms with E-state index in [-0.39, 0.29) is 11.6 Å². The second-order valence-corrected chi connectivity index (χ2v) is 9.84. The number of hydrogen-bond acceptors (Lipinski definition) is 5. The Hall–Kier alpha value is -3.29. The summed E-state index contributed by atoms with van der Waals surface area (Å²) >= 11 is 1.67. The average Bonchev–Trinajstić information content (AvgIpc) is 3.13. The lowest BCUT2D eigenvalue weighted by Gasteiger charge is -2.36. The minimum atomic E-state index is -0.282. The molecular formula is C27H24F2N4S. The molecule has 0 spiro atoms. The normalized spacial score (nSPS) is 17.5. The molecule has 7 heteroatoms. The molecule has 0 saturated carbocycles. The molecule has 1 saturated heterocycles. The Morgan fingerprint density at radius 3 is 2.71 bits per heavy atom. The maximum absolute atomic E-state index is 14.0. The van der Waals surface area contributed by atoms with E-state index in [1.165, 1.54) is 29.0 Å². The monoisotopic (exact) mass is 474 g/mol. The van der Waals surface area contributed by atoms with Crippen LogP contribution < -0.4 is 10.6 Å². The van der Waals surface area contributed by atoms with E-state index in [2.05, 4.69) is 27.7 Å². The molecule has 3 aromatic carbocycles. The molecule has 0 aliphatic carbocycles. The maximum atomic E-state index is 14.0. The Morgan fingerprint density at radius 1 is 1.00 bits per heavy atom. The van der Waals surface area contributed by atoms with Crippen molar-refractivity contribution in [3.05, 3.63) is 89.5 Å². The SMILES string of the molecule is Fc1ccc(CC[C@H]2CN(C3=Nc4ccc(F)cc4Nc4sc5ccccc5c43)CCN2)cc1. The van der Waals surface area contributed by atoms with Gasteiger partial charge in [-0.2, -0.15) is 0 Å². The van der Waals surface area contributed by atoms with Crippen LogP contribution in [-0.4, -0.2) is 36.4 Å². The molecule has 0 unspecified atom stereocenters. The summed E-state index contributed by atoms with van der Waals surface area (Å²) < 4.78 is 28.5. The highest BCUT2D eigenvalue weighted by atomic mass is 32.1. The van der Waals surface area contributed by atoms with Crippen LogP contribution in [0.5, 0.6) is 0 Å². The Labute approximate surface area is 200 Å². The van der Waals surface area contributed by atoms with Crippen LogP contribution in [0.25, 0.3) is 10.1 Å². The van der Waals surface area contributed by atoms with Gasteiger partial charge in [0.15, 0.2) is 0 Å². The molecular weight excluding hydrogens is 450 g/mol. The summed E-state index contributed by atoms with van der Waals surface area (Å²) in [5.41, 5.74) is 3.64. The van der Waals surface area contributed by atoms with Gasteiger partial charge in [-0.15, -0.1) is 11.3 Å². The molecule has 0 amide bonds. The average molecular weight is 475 g/mol. The van der Waals surface area contributed by atoms with Crippen LogP contribution in [0.4, 0.5) is 25.2 Å². The third kappa shape index (κ3) is 4.06. The first-order valence-corrected chi connectivity index (χ1v) is 12.4. The van der Waals surface area contributed by atoms with Crippen LogP contribution in [0.1, 0.15) is 17.5 Å². The first-order valence-electron chi connectivity index (χ1n) is 11.5. The lowest BCUT2D eigenvalue weighted by molar-refractivity contribution is 0.282. The van der Waals surface area contributed by atoms with E-state index < -0.39 is 0 Å². The zero-order valence-corrected chi connectivity index (χ0v) is 19.3. The van der Waals surface area contributed by atoms with Crippen molar-refractivity contribution in [2.45, 2.75) is 18.9 Å². The third-order valence-electron chi connectivity index (χ3n) is 6.50. The van der Waals surface area contributed by atoms with Crippen LogP contribution >= 0.6 is 11.3 Å². The third-order valence-corrected chi connectivity index (χ3v) is 7.59. The summed E-state index contributed by atoms with van der Waals surface area (Å²) in [5.74, 6) is 0.443. The number of halogens is 2. The molecule has 34 heavy (non-hydrogen) atoms. The van der Waals surface area contributed by atoms with Gasteiger partial charge in [-0.05, 0) is 54.8 Å². The number of amidine groups is 1. The quantitative estimate of drug-likeness (QED) is 0.370. The molecule has 1 atom stereocenters. The van der Waals surface area contributed by atoms with Crippen molar-refractivity contribution in [3.63, 3.8) is 0 Å². The van der Waals surface area contributed by atoms with Gasteiger partial charge < -0.3 is 15.5 Å². The van der Waals surface area contributed by atoms with Gasteiger partial charge >= 0.3 is 0 Å². The number of piperazine rings is 1. The number of rotatable bonds is 3. The molecule has 2 N–H and O–H groups in total. The number of anilines is 2. The van der Waals surface area contributed by atoms with Crippen molar-refractivity contribution < 1.29 is 8.78 Å². The van der Waals surface area contributed by atoms with E-state index in [9.17, 15) is 8.78 Å². The molecule has 4 aromatic rings. The van der Waals surface area contributed by atoms with Crippen LogP contribution in [-0.2, 0) is 6.42 Å². The fourth-order valence-electron chi connectivity index (χ4n) is 4.79. The van der Waals surface area contributed by atoms with Crippen molar-refractivity contribution in [3.8, 4) is 0 Å².